The average molecular weight is 1250 g/mol. The molecule has 4 heterocycles. The molecule has 1 aromatic carbocycles. The predicted molar refractivity (Wildman–Crippen MR) is 305 cm³/mol. The molecule has 1 amide bonds. The maximum absolute atomic E-state index is 14.4. The minimum atomic E-state index is -1.88. The number of pyridine rings is 1. The van der Waals surface area contributed by atoms with Gasteiger partial charge in [0.2, 0.25) is 11.3 Å². The molecule has 0 spiro atoms. The second-order valence-corrected chi connectivity index (χ2v) is 24.6. The van der Waals surface area contributed by atoms with Gasteiger partial charge < -0.3 is 87.8 Å². The number of fused-ring (bicyclic) bond motifs is 1. The highest BCUT2D eigenvalue weighted by molar-refractivity contribution is 14.1. The van der Waals surface area contributed by atoms with Gasteiger partial charge in [0.25, 0.3) is 0 Å². The number of esters is 1. The molecule has 5 rings (SSSR count). The zero-order valence-electron chi connectivity index (χ0n) is 49.4. The number of benzene rings is 1. The number of aromatic nitrogens is 1. The number of carboxylic acid groups (broad SMARTS) is 1. The Morgan fingerprint density at radius 3 is 2.24 bits per heavy atom. The molecule has 3 saturated heterocycles. The molecule has 0 bridgehead atoms. The molecule has 18 atom stereocenters. The van der Waals surface area contributed by atoms with Crippen LogP contribution >= 0.6 is 22.6 Å². The van der Waals surface area contributed by atoms with E-state index in [9.17, 15) is 44.7 Å². The molecule has 3 aliphatic heterocycles. The van der Waals surface area contributed by atoms with Gasteiger partial charge in [-0.25, -0.2) is 4.79 Å². The highest BCUT2D eigenvalue weighted by atomic mass is 127. The molecule has 6 N–H and O–H groups in total. The minimum Gasteiger partial charge on any atom is -0.477 e. The van der Waals surface area contributed by atoms with Crippen LogP contribution in [0, 0.1) is 17.8 Å². The SMILES string of the molecule is COCCn1cc(C(=O)O)c(=O)c2cc(CCCOCCOCCC(=O)N[C@@H]3[C@H](C)O[C@@H](O[C@H]4[C@H](C)[C@@H](O[C@@H]5O[C@H](C)C[C@H](N(C)C)[C@H]5O)[C@](C)(O)C[C@@H](C)CN(C)[C@H](C)[C@@H](O)[C@](C)(O)[C@@H](I)OC(=O)[C@@H]4C)C[C@@]3(C)OC)ccc21. The van der Waals surface area contributed by atoms with Crippen LogP contribution in [0.1, 0.15) is 110 Å². The lowest BCUT2D eigenvalue weighted by Crippen LogP contribution is -2.64. The number of alkyl halides is 1. The first-order valence-corrected chi connectivity index (χ1v) is 29.2. The first-order valence-electron chi connectivity index (χ1n) is 28.0. The molecule has 0 aliphatic carbocycles. The first-order chi connectivity index (χ1) is 37.5. The summed E-state index contributed by atoms with van der Waals surface area (Å²) >= 11 is 1.82. The second-order valence-electron chi connectivity index (χ2n) is 23.5. The van der Waals surface area contributed by atoms with E-state index in [1.807, 2.05) is 86.4 Å². The molecule has 0 saturated carbocycles. The van der Waals surface area contributed by atoms with Crippen molar-refractivity contribution in [3.05, 3.63) is 45.7 Å². The van der Waals surface area contributed by atoms with Crippen molar-refractivity contribution < 1.29 is 82.5 Å². The minimum absolute atomic E-state index is 0.0329. The fourth-order valence-electron chi connectivity index (χ4n) is 11.7. The van der Waals surface area contributed by atoms with E-state index in [4.69, 9.17) is 42.6 Å². The summed E-state index contributed by atoms with van der Waals surface area (Å²) in [6.45, 7) is 18.0. The lowest BCUT2D eigenvalue weighted by atomic mass is 9.77. The fraction of sp³-hybridized carbons (Fsp3) is 0.789. The Morgan fingerprint density at radius 2 is 1.60 bits per heavy atom. The highest BCUT2D eigenvalue weighted by Gasteiger charge is 2.53. The Morgan fingerprint density at radius 1 is 0.925 bits per heavy atom. The Hall–Kier alpha value is -2.99. The zero-order chi connectivity index (χ0) is 59.6. The number of cyclic esters (lactones) is 1. The number of methoxy groups -OCH3 is 2. The summed E-state index contributed by atoms with van der Waals surface area (Å²) in [6.07, 6.45) is -4.44. The number of carbonyl (C=O) groups is 3. The van der Waals surface area contributed by atoms with Crippen molar-refractivity contribution in [2.45, 2.75) is 196 Å². The number of halogens is 1. The van der Waals surface area contributed by atoms with Gasteiger partial charge in [-0.2, -0.15) is 0 Å². The molecular weight excluding hydrogens is 1160 g/mol. The number of hydrogen-bond donors (Lipinski definition) is 6. The number of aliphatic hydroxyl groups excluding tert-OH is 2. The van der Waals surface area contributed by atoms with Gasteiger partial charge in [0.15, 0.2) is 16.7 Å². The largest absolute Gasteiger partial charge is 0.477 e. The van der Waals surface area contributed by atoms with E-state index in [0.717, 1.165) is 5.56 Å². The molecule has 3 aliphatic rings. The van der Waals surface area contributed by atoms with E-state index in [-0.39, 0.29) is 68.6 Å². The van der Waals surface area contributed by atoms with Crippen LogP contribution in [0.4, 0.5) is 0 Å². The standard InChI is InChI=1S/C57H93IN4O18/c1-32-28-55(7,70)50(79-53-46(65)42(60(10)11)26-33(2)76-53)34(3)47(35(4)52(69)80-54(58)57(9,71)49(66)36(5)61(12)30-32)78-44-29-56(8,73-14)48(37(6)77-44)59-43(63)19-22-75-25-24-74-21-15-16-38-17-18-41-39(27-38)45(64)40(51(67)68)31-62(41)20-23-72-13/h17-18,27,31-37,42,44,46-50,53-54,65-66,70-71H,15-16,19-26,28-30H2,1-14H3,(H,59,63)(H,67,68)/t32-,33-,34+,35-,36-,37+,42+,44+,46-,47+,48-,49-,50-,53+,54+,55-,56-,57+/m1/s1. The number of aryl methyl sites for hydroxylation is 1. The van der Waals surface area contributed by atoms with E-state index in [1.165, 1.54) is 20.2 Å². The Labute approximate surface area is 485 Å². The van der Waals surface area contributed by atoms with Gasteiger partial charge in [-0.05, 0) is 141 Å². The number of amides is 1. The zero-order valence-corrected chi connectivity index (χ0v) is 51.6. The van der Waals surface area contributed by atoms with Crippen LogP contribution in [0.15, 0.2) is 29.2 Å². The molecule has 2 aromatic rings. The highest BCUT2D eigenvalue weighted by Crippen LogP contribution is 2.40. The van der Waals surface area contributed by atoms with Crippen LogP contribution in [0.25, 0.3) is 10.9 Å². The summed E-state index contributed by atoms with van der Waals surface area (Å²) < 4.78 is 55.9. The predicted octanol–water partition coefficient (Wildman–Crippen LogP) is 3.72. The van der Waals surface area contributed by atoms with Gasteiger partial charge in [0.1, 0.15) is 23.4 Å². The maximum Gasteiger partial charge on any atom is 0.341 e. The number of aliphatic hydroxyl groups is 4. The number of likely N-dealkylation sites (N-methyl/N-ethyl adjacent to an activating group) is 2. The van der Waals surface area contributed by atoms with Crippen LogP contribution < -0.4 is 10.7 Å². The number of carboxylic acids is 1. The van der Waals surface area contributed by atoms with E-state index in [1.54, 1.807) is 52.4 Å². The second kappa shape index (κ2) is 29.7. The lowest BCUT2D eigenvalue weighted by molar-refractivity contribution is -0.311. The molecule has 22 nitrogen and oxygen atoms in total. The van der Waals surface area contributed by atoms with Crippen molar-refractivity contribution in [3.8, 4) is 0 Å². The van der Waals surface area contributed by atoms with Crippen molar-refractivity contribution in [1.82, 2.24) is 19.7 Å². The van der Waals surface area contributed by atoms with Crippen LogP contribution in [0.5, 0.6) is 0 Å². The van der Waals surface area contributed by atoms with E-state index in [0.29, 0.717) is 56.5 Å². The van der Waals surface area contributed by atoms with Crippen molar-refractivity contribution >= 4 is 51.3 Å². The van der Waals surface area contributed by atoms with E-state index >= 15 is 0 Å². The topological polar surface area (TPSA) is 276 Å². The number of aromatic carboxylic acids is 1. The van der Waals surface area contributed by atoms with Gasteiger partial charge in [-0.15, -0.1) is 0 Å². The molecule has 3 fully saturated rings. The molecular formula is C57H93IN4O18. The molecule has 0 unspecified atom stereocenters. The van der Waals surface area contributed by atoms with Crippen molar-refractivity contribution in [2.24, 2.45) is 17.8 Å². The lowest BCUT2D eigenvalue weighted by Gasteiger charge is -2.49. The van der Waals surface area contributed by atoms with E-state index in [2.05, 4.69) is 5.32 Å². The van der Waals surface area contributed by atoms with Crippen LogP contribution in [0.3, 0.4) is 0 Å². The van der Waals surface area contributed by atoms with Gasteiger partial charge in [-0.3, -0.25) is 14.4 Å². The number of nitrogens with zero attached hydrogens (tertiary/aromatic N) is 3. The quantitative estimate of drug-likeness (QED) is 0.0450. The monoisotopic (exact) mass is 1250 g/mol. The summed E-state index contributed by atoms with van der Waals surface area (Å²) in [5.41, 5.74) is -3.91. The van der Waals surface area contributed by atoms with Gasteiger partial charge >= 0.3 is 11.9 Å². The third-order valence-electron chi connectivity index (χ3n) is 16.5. The molecule has 456 valence electrons. The van der Waals surface area contributed by atoms with Crippen LogP contribution in [0.2, 0.25) is 0 Å². The number of ether oxygens (including phenoxy) is 9. The van der Waals surface area contributed by atoms with E-state index < -0.39 is 105 Å². The summed E-state index contributed by atoms with van der Waals surface area (Å²) in [6, 6.07) is 3.89. The third kappa shape index (κ3) is 17.1. The van der Waals surface area contributed by atoms with Crippen molar-refractivity contribution in [1.29, 1.82) is 0 Å². The van der Waals surface area contributed by atoms with Crippen LogP contribution in [-0.2, 0) is 65.2 Å². The molecule has 1 aromatic heterocycles. The summed E-state index contributed by atoms with van der Waals surface area (Å²) in [7, 11) is 8.64. The fourth-order valence-corrected chi connectivity index (χ4v) is 12.3. The van der Waals surface area contributed by atoms with Crippen LogP contribution in [-0.4, -0.2) is 221 Å². The Balaban J connectivity index is 1.24. The average Bonchev–Trinajstić information content (AvgIpc) is 3.39. The van der Waals surface area contributed by atoms with Crippen molar-refractivity contribution in [2.75, 3.05) is 74.9 Å². The summed E-state index contributed by atoms with van der Waals surface area (Å²) in [4.78, 5) is 56.6. The first kappa shape index (κ1) is 67.8. The normalized spacial score (nSPS) is 36.3. The summed E-state index contributed by atoms with van der Waals surface area (Å²) in [5, 5.41) is 60.8. The molecule has 23 heteroatoms. The van der Waals surface area contributed by atoms with Gasteiger partial charge in [-0.1, -0.05) is 19.9 Å². The van der Waals surface area contributed by atoms with Gasteiger partial charge in [0.05, 0.1) is 79.5 Å². The number of nitrogens with one attached hydrogen (secondary N) is 1. The Kier molecular flexibility index (Phi) is 25.2. The Bertz CT molecular complexity index is 2390. The molecule has 80 heavy (non-hydrogen) atoms. The summed E-state index contributed by atoms with van der Waals surface area (Å²) in [5.74, 6) is -4.47. The van der Waals surface area contributed by atoms with Crippen molar-refractivity contribution in [3.63, 3.8) is 0 Å². The number of carbonyl (C=O) groups excluding carboxylic acids is 2. The number of hydrogen-bond acceptors (Lipinski definition) is 19. The smallest absolute Gasteiger partial charge is 0.341 e. The van der Waals surface area contributed by atoms with Gasteiger partial charge in [0, 0.05) is 76.3 Å². The molecule has 0 radical (unpaired) electrons. The number of rotatable bonds is 21. The third-order valence-corrected chi connectivity index (χ3v) is 18.0. The maximum atomic E-state index is 14.4.